The summed E-state index contributed by atoms with van der Waals surface area (Å²) in [5, 5.41) is 0.511. The average molecular weight is 345 g/mol. The summed E-state index contributed by atoms with van der Waals surface area (Å²) >= 11 is 16.0. The van der Waals surface area contributed by atoms with Gasteiger partial charge in [0.25, 0.3) is 0 Å². The molecule has 18 heavy (non-hydrogen) atoms. The second-order valence-electron chi connectivity index (χ2n) is 4.16. The Labute approximate surface area is 125 Å². The predicted octanol–water partition coefficient (Wildman–Crippen LogP) is 5.33. The van der Waals surface area contributed by atoms with Crippen molar-refractivity contribution in [3.05, 3.63) is 62.8 Å². The minimum atomic E-state index is -0.166. The molecular weight excluding hydrogens is 333 g/mol. The van der Waals surface area contributed by atoms with Gasteiger partial charge < -0.3 is 0 Å². The van der Waals surface area contributed by atoms with Crippen LogP contribution in [0.4, 0.5) is 0 Å². The molecule has 1 unspecified atom stereocenters. The van der Waals surface area contributed by atoms with Crippen LogP contribution in [0.5, 0.6) is 0 Å². The van der Waals surface area contributed by atoms with Crippen LogP contribution in [-0.2, 0) is 6.42 Å². The number of benzene rings is 1. The fourth-order valence-corrected chi connectivity index (χ4v) is 2.88. The molecule has 1 aromatic carbocycles. The third-order valence-electron chi connectivity index (χ3n) is 2.66. The second kappa shape index (κ2) is 6.05. The van der Waals surface area contributed by atoms with Gasteiger partial charge in [0.15, 0.2) is 0 Å². The molecule has 0 N–H and O–H groups in total. The van der Waals surface area contributed by atoms with Gasteiger partial charge in [0.1, 0.15) is 0 Å². The summed E-state index contributed by atoms with van der Waals surface area (Å²) in [6.45, 7) is 2.01. The highest BCUT2D eigenvalue weighted by molar-refractivity contribution is 9.10. The Hall–Kier alpha value is -0.570. The van der Waals surface area contributed by atoms with Crippen molar-refractivity contribution in [2.45, 2.75) is 18.7 Å². The zero-order valence-corrected chi connectivity index (χ0v) is 12.9. The van der Waals surface area contributed by atoms with Crippen molar-refractivity contribution in [3.63, 3.8) is 0 Å². The fourth-order valence-electron chi connectivity index (χ4n) is 1.67. The number of hydrogen-bond acceptors (Lipinski definition) is 1. The molecule has 0 saturated heterocycles. The van der Waals surface area contributed by atoms with Crippen LogP contribution in [-0.4, -0.2) is 4.98 Å². The van der Waals surface area contributed by atoms with Gasteiger partial charge >= 0.3 is 0 Å². The number of alkyl halides is 1. The summed E-state index contributed by atoms with van der Waals surface area (Å²) in [7, 11) is 0. The van der Waals surface area contributed by atoms with Gasteiger partial charge in [-0.1, -0.05) is 39.7 Å². The van der Waals surface area contributed by atoms with E-state index in [0.29, 0.717) is 11.4 Å². The van der Waals surface area contributed by atoms with Crippen molar-refractivity contribution >= 4 is 39.1 Å². The minimum absolute atomic E-state index is 0.166. The predicted molar refractivity (Wildman–Crippen MR) is 80.4 cm³/mol. The van der Waals surface area contributed by atoms with Crippen LogP contribution < -0.4 is 0 Å². The van der Waals surface area contributed by atoms with Gasteiger partial charge in [-0.3, -0.25) is 4.98 Å². The molecule has 4 heteroatoms. The number of hydrogen-bond donors (Lipinski definition) is 0. The highest BCUT2D eigenvalue weighted by Gasteiger charge is 2.13. The molecule has 0 aliphatic carbocycles. The Morgan fingerprint density at radius 3 is 2.67 bits per heavy atom. The van der Waals surface area contributed by atoms with E-state index >= 15 is 0 Å². The van der Waals surface area contributed by atoms with Gasteiger partial charge in [-0.2, -0.15) is 0 Å². The van der Waals surface area contributed by atoms with E-state index in [9.17, 15) is 0 Å². The van der Waals surface area contributed by atoms with E-state index in [0.717, 1.165) is 21.3 Å². The molecule has 1 aromatic heterocycles. The molecule has 0 aliphatic rings. The third-order valence-corrected chi connectivity index (χ3v) is 3.87. The lowest BCUT2D eigenvalue weighted by Gasteiger charge is -2.11. The lowest BCUT2D eigenvalue weighted by atomic mass is 10.1. The van der Waals surface area contributed by atoms with Crippen LogP contribution in [0.25, 0.3) is 0 Å². The third kappa shape index (κ3) is 3.47. The molecule has 0 saturated carbocycles. The molecule has 1 atom stereocenters. The number of aryl methyl sites for hydroxylation is 1. The van der Waals surface area contributed by atoms with Crippen LogP contribution in [0.1, 0.15) is 22.2 Å². The quantitative estimate of drug-likeness (QED) is 0.686. The zero-order chi connectivity index (χ0) is 13.1. The number of rotatable bonds is 3. The number of pyridine rings is 1. The Morgan fingerprint density at radius 1 is 1.28 bits per heavy atom. The Bertz CT molecular complexity index is 540. The zero-order valence-electron chi connectivity index (χ0n) is 9.83. The maximum atomic E-state index is 6.40. The molecule has 0 amide bonds. The first kappa shape index (κ1) is 13.9. The fraction of sp³-hybridized carbons (Fsp3) is 0.214. The number of aromatic nitrogens is 1. The van der Waals surface area contributed by atoms with Crippen molar-refractivity contribution < 1.29 is 0 Å². The smallest absolute Gasteiger partial charge is 0.0655 e. The second-order valence-corrected chi connectivity index (χ2v) is 6.01. The highest BCUT2D eigenvalue weighted by Crippen LogP contribution is 2.32. The van der Waals surface area contributed by atoms with Crippen LogP contribution in [0.15, 0.2) is 41.0 Å². The molecule has 1 nitrogen and oxygen atoms in total. The molecule has 0 radical (unpaired) electrons. The minimum Gasteiger partial charge on any atom is -0.261 e. The summed E-state index contributed by atoms with van der Waals surface area (Å²) in [5.74, 6) is 0. The van der Waals surface area contributed by atoms with E-state index in [1.54, 1.807) is 0 Å². The summed E-state index contributed by atoms with van der Waals surface area (Å²) in [5.41, 5.74) is 3.05. The number of halogens is 3. The lowest BCUT2D eigenvalue weighted by Crippen LogP contribution is -1.99. The van der Waals surface area contributed by atoms with Crippen LogP contribution in [0.2, 0.25) is 5.02 Å². The van der Waals surface area contributed by atoms with Gasteiger partial charge in [0.05, 0.1) is 5.38 Å². The molecule has 0 aliphatic heterocycles. The molecule has 0 spiro atoms. The lowest BCUT2D eigenvalue weighted by molar-refractivity contribution is 0.879. The van der Waals surface area contributed by atoms with Crippen molar-refractivity contribution in [1.29, 1.82) is 0 Å². The molecule has 2 aromatic rings. The highest BCUT2D eigenvalue weighted by atomic mass is 79.9. The maximum absolute atomic E-state index is 6.40. The van der Waals surface area contributed by atoms with Crippen molar-refractivity contribution in [3.8, 4) is 0 Å². The average Bonchev–Trinajstić information content (AvgIpc) is 2.32. The molecule has 1 heterocycles. The summed E-state index contributed by atoms with van der Waals surface area (Å²) in [4.78, 5) is 4.35. The standard InChI is InChI=1S/C14H12BrCl2N/c1-9-2-4-11(18-8-9)7-14(17)12-5-3-10(15)6-13(12)16/h2-6,8,14H,7H2,1H3. The normalized spacial score (nSPS) is 12.4. The van der Waals surface area contributed by atoms with E-state index in [1.165, 1.54) is 0 Å². The Balaban J connectivity index is 2.16. The monoisotopic (exact) mass is 343 g/mol. The topological polar surface area (TPSA) is 12.9 Å². The first-order valence-electron chi connectivity index (χ1n) is 5.57. The van der Waals surface area contributed by atoms with Crippen molar-refractivity contribution in [2.24, 2.45) is 0 Å². The van der Waals surface area contributed by atoms with E-state index in [2.05, 4.69) is 20.9 Å². The van der Waals surface area contributed by atoms with Gasteiger partial charge in [0.2, 0.25) is 0 Å². The number of nitrogens with zero attached hydrogens (tertiary/aromatic N) is 1. The summed E-state index contributed by atoms with van der Waals surface area (Å²) < 4.78 is 0.952. The molecular formula is C14H12BrCl2N. The first-order chi connectivity index (χ1) is 8.56. The SMILES string of the molecule is Cc1ccc(CC(Cl)c2ccc(Br)cc2Cl)nc1. The maximum Gasteiger partial charge on any atom is 0.0655 e. The van der Waals surface area contributed by atoms with Crippen LogP contribution >= 0.6 is 39.1 Å². The first-order valence-corrected chi connectivity index (χ1v) is 7.17. The molecule has 0 bridgehead atoms. The van der Waals surface area contributed by atoms with Crippen LogP contribution in [0, 0.1) is 6.92 Å². The van der Waals surface area contributed by atoms with Gasteiger partial charge in [0, 0.05) is 27.8 Å². The van der Waals surface area contributed by atoms with Crippen molar-refractivity contribution in [2.75, 3.05) is 0 Å². The van der Waals surface area contributed by atoms with E-state index in [1.807, 2.05) is 43.5 Å². The molecule has 0 fully saturated rings. The van der Waals surface area contributed by atoms with E-state index in [-0.39, 0.29) is 5.38 Å². The summed E-state index contributed by atoms with van der Waals surface area (Å²) in [6, 6.07) is 9.78. The van der Waals surface area contributed by atoms with Gasteiger partial charge in [-0.05, 0) is 36.2 Å². The summed E-state index contributed by atoms with van der Waals surface area (Å²) in [6.07, 6.45) is 2.52. The van der Waals surface area contributed by atoms with Gasteiger partial charge in [-0.25, -0.2) is 0 Å². The van der Waals surface area contributed by atoms with E-state index in [4.69, 9.17) is 23.2 Å². The van der Waals surface area contributed by atoms with Crippen molar-refractivity contribution in [1.82, 2.24) is 4.98 Å². The van der Waals surface area contributed by atoms with Gasteiger partial charge in [-0.15, -0.1) is 11.6 Å². The largest absolute Gasteiger partial charge is 0.261 e. The molecule has 2 rings (SSSR count). The van der Waals surface area contributed by atoms with Crippen LogP contribution in [0.3, 0.4) is 0 Å². The Morgan fingerprint density at radius 2 is 2.06 bits per heavy atom. The van der Waals surface area contributed by atoms with E-state index < -0.39 is 0 Å². The Kier molecular flexibility index (Phi) is 4.66. The molecule has 94 valence electrons.